The Morgan fingerprint density at radius 2 is 1.90 bits per heavy atom. The highest BCUT2D eigenvalue weighted by Gasteiger charge is 2.37. The van der Waals surface area contributed by atoms with Gasteiger partial charge < -0.3 is 15.5 Å². The maximum atomic E-state index is 12.4. The summed E-state index contributed by atoms with van der Waals surface area (Å²) in [6.45, 7) is 7.73. The minimum absolute atomic E-state index is 0.00144. The number of likely N-dealkylation sites (tertiary alicyclic amines) is 1. The Balaban J connectivity index is 1.80. The standard InChI is InChI=1S/C16H29N3O2/c1-16(2,13-7-6-8-17-11-13)15(21)18-12-14(20)19-9-4-3-5-10-19/h13,17H,3-12H2,1-2H3,(H,18,21). The third-order valence-corrected chi connectivity index (χ3v) is 5.01. The molecule has 2 aliphatic heterocycles. The van der Waals surface area contributed by atoms with Crippen molar-refractivity contribution in [3.8, 4) is 0 Å². The van der Waals surface area contributed by atoms with Crippen molar-refractivity contribution in [3.63, 3.8) is 0 Å². The number of nitrogens with zero attached hydrogens (tertiary/aromatic N) is 1. The first-order chi connectivity index (χ1) is 10.0. The zero-order valence-electron chi connectivity index (χ0n) is 13.4. The van der Waals surface area contributed by atoms with E-state index < -0.39 is 5.41 Å². The Labute approximate surface area is 127 Å². The number of amides is 2. The highest BCUT2D eigenvalue weighted by molar-refractivity contribution is 5.87. The fourth-order valence-corrected chi connectivity index (χ4v) is 3.29. The van der Waals surface area contributed by atoms with Crippen LogP contribution in [0.25, 0.3) is 0 Å². The van der Waals surface area contributed by atoms with Crippen molar-refractivity contribution in [2.75, 3.05) is 32.7 Å². The minimum Gasteiger partial charge on any atom is -0.347 e. The lowest BCUT2D eigenvalue weighted by Gasteiger charge is -2.36. The molecule has 0 spiro atoms. The molecule has 0 aromatic heterocycles. The van der Waals surface area contributed by atoms with Crippen molar-refractivity contribution in [1.82, 2.24) is 15.5 Å². The second-order valence-electron chi connectivity index (χ2n) is 6.89. The number of rotatable bonds is 4. The van der Waals surface area contributed by atoms with Crippen LogP contribution in [0, 0.1) is 11.3 Å². The Hall–Kier alpha value is -1.10. The summed E-state index contributed by atoms with van der Waals surface area (Å²) >= 11 is 0. The van der Waals surface area contributed by atoms with Crippen LogP contribution in [0.15, 0.2) is 0 Å². The van der Waals surface area contributed by atoms with Crippen molar-refractivity contribution in [2.45, 2.75) is 46.0 Å². The molecule has 5 heteroatoms. The van der Waals surface area contributed by atoms with E-state index in [4.69, 9.17) is 0 Å². The monoisotopic (exact) mass is 295 g/mol. The molecule has 2 heterocycles. The Morgan fingerprint density at radius 1 is 1.19 bits per heavy atom. The summed E-state index contributed by atoms with van der Waals surface area (Å²) in [5.41, 5.74) is -0.421. The Kier molecular flexibility index (Phi) is 5.62. The van der Waals surface area contributed by atoms with Crippen LogP contribution in [-0.4, -0.2) is 49.4 Å². The zero-order valence-corrected chi connectivity index (χ0v) is 13.4. The number of hydrogen-bond donors (Lipinski definition) is 2. The van der Waals surface area contributed by atoms with Gasteiger partial charge in [-0.05, 0) is 51.1 Å². The predicted octanol–water partition coefficient (Wildman–Crippen LogP) is 1.14. The second kappa shape index (κ2) is 7.25. The summed E-state index contributed by atoms with van der Waals surface area (Å²) < 4.78 is 0. The number of nitrogens with one attached hydrogen (secondary N) is 2. The first-order valence-electron chi connectivity index (χ1n) is 8.28. The summed E-state index contributed by atoms with van der Waals surface area (Å²) in [4.78, 5) is 26.4. The highest BCUT2D eigenvalue weighted by Crippen LogP contribution is 2.31. The van der Waals surface area contributed by atoms with Crippen LogP contribution in [0.2, 0.25) is 0 Å². The van der Waals surface area contributed by atoms with Gasteiger partial charge in [-0.25, -0.2) is 0 Å². The molecule has 0 aromatic rings. The smallest absolute Gasteiger partial charge is 0.241 e. The van der Waals surface area contributed by atoms with Crippen molar-refractivity contribution < 1.29 is 9.59 Å². The number of hydrogen-bond acceptors (Lipinski definition) is 3. The van der Waals surface area contributed by atoms with Gasteiger partial charge in [0, 0.05) is 18.5 Å². The molecule has 2 rings (SSSR count). The number of carbonyl (C=O) groups is 2. The summed E-state index contributed by atoms with van der Waals surface area (Å²) in [5.74, 6) is 0.401. The molecule has 0 radical (unpaired) electrons. The molecule has 0 aromatic carbocycles. The summed E-state index contributed by atoms with van der Waals surface area (Å²) in [6, 6.07) is 0. The van der Waals surface area contributed by atoms with E-state index in [1.54, 1.807) is 0 Å². The van der Waals surface area contributed by atoms with Gasteiger partial charge in [0.2, 0.25) is 11.8 Å². The maximum Gasteiger partial charge on any atom is 0.241 e. The van der Waals surface area contributed by atoms with E-state index in [9.17, 15) is 9.59 Å². The molecule has 2 N–H and O–H groups in total. The molecule has 0 aliphatic carbocycles. The molecule has 2 saturated heterocycles. The lowest BCUT2D eigenvalue weighted by Crippen LogP contribution is -2.50. The first kappa shape index (κ1) is 16.3. The van der Waals surface area contributed by atoms with Crippen LogP contribution in [0.5, 0.6) is 0 Å². The Bertz CT molecular complexity index is 370. The van der Waals surface area contributed by atoms with E-state index >= 15 is 0 Å². The first-order valence-corrected chi connectivity index (χ1v) is 8.28. The van der Waals surface area contributed by atoms with E-state index in [0.717, 1.165) is 51.9 Å². The van der Waals surface area contributed by atoms with Crippen LogP contribution in [0.1, 0.15) is 46.0 Å². The van der Waals surface area contributed by atoms with Crippen molar-refractivity contribution >= 4 is 11.8 Å². The quantitative estimate of drug-likeness (QED) is 0.817. The average Bonchev–Trinajstić information content (AvgIpc) is 2.53. The lowest BCUT2D eigenvalue weighted by molar-refractivity contribution is -0.137. The molecule has 5 nitrogen and oxygen atoms in total. The van der Waals surface area contributed by atoms with Gasteiger partial charge in [0.05, 0.1) is 6.54 Å². The molecule has 0 bridgehead atoms. The molecule has 2 aliphatic rings. The fraction of sp³-hybridized carbons (Fsp3) is 0.875. The van der Waals surface area contributed by atoms with Gasteiger partial charge >= 0.3 is 0 Å². The third kappa shape index (κ3) is 4.19. The van der Waals surface area contributed by atoms with Crippen molar-refractivity contribution in [2.24, 2.45) is 11.3 Å². The maximum absolute atomic E-state index is 12.4. The van der Waals surface area contributed by atoms with Crippen LogP contribution in [-0.2, 0) is 9.59 Å². The molecule has 0 saturated carbocycles. The lowest BCUT2D eigenvalue weighted by atomic mass is 9.74. The summed E-state index contributed by atoms with van der Waals surface area (Å²) in [6.07, 6.45) is 5.57. The molecule has 2 fully saturated rings. The normalized spacial score (nSPS) is 23.7. The number of piperidine rings is 2. The zero-order chi connectivity index (χ0) is 15.3. The predicted molar refractivity (Wildman–Crippen MR) is 82.8 cm³/mol. The van der Waals surface area contributed by atoms with Gasteiger partial charge in [0.15, 0.2) is 0 Å². The van der Waals surface area contributed by atoms with Crippen LogP contribution in [0.4, 0.5) is 0 Å². The molecule has 21 heavy (non-hydrogen) atoms. The van der Waals surface area contributed by atoms with Crippen molar-refractivity contribution in [1.29, 1.82) is 0 Å². The summed E-state index contributed by atoms with van der Waals surface area (Å²) in [7, 11) is 0. The highest BCUT2D eigenvalue weighted by atomic mass is 16.2. The summed E-state index contributed by atoms with van der Waals surface area (Å²) in [5, 5.41) is 6.22. The van der Waals surface area contributed by atoms with E-state index in [-0.39, 0.29) is 18.4 Å². The second-order valence-corrected chi connectivity index (χ2v) is 6.89. The third-order valence-electron chi connectivity index (χ3n) is 5.01. The van der Waals surface area contributed by atoms with Gasteiger partial charge in [-0.2, -0.15) is 0 Å². The van der Waals surface area contributed by atoms with Crippen LogP contribution in [0.3, 0.4) is 0 Å². The SMILES string of the molecule is CC(C)(C(=O)NCC(=O)N1CCCCC1)C1CCCNC1. The van der Waals surface area contributed by atoms with E-state index in [1.807, 2.05) is 18.7 Å². The largest absolute Gasteiger partial charge is 0.347 e. The molecular formula is C16H29N3O2. The number of carbonyl (C=O) groups excluding carboxylic acids is 2. The fourth-order valence-electron chi connectivity index (χ4n) is 3.29. The van der Waals surface area contributed by atoms with Gasteiger partial charge in [-0.1, -0.05) is 13.8 Å². The Morgan fingerprint density at radius 3 is 2.52 bits per heavy atom. The molecule has 1 unspecified atom stereocenters. The molecule has 1 atom stereocenters. The van der Waals surface area contributed by atoms with Gasteiger partial charge in [0.1, 0.15) is 0 Å². The minimum atomic E-state index is -0.421. The van der Waals surface area contributed by atoms with Gasteiger partial charge in [0.25, 0.3) is 0 Å². The van der Waals surface area contributed by atoms with E-state index in [0.29, 0.717) is 5.92 Å². The van der Waals surface area contributed by atoms with E-state index in [1.165, 1.54) is 6.42 Å². The average molecular weight is 295 g/mol. The van der Waals surface area contributed by atoms with E-state index in [2.05, 4.69) is 10.6 Å². The molecule has 2 amide bonds. The van der Waals surface area contributed by atoms with Crippen LogP contribution >= 0.6 is 0 Å². The molecule has 120 valence electrons. The van der Waals surface area contributed by atoms with Gasteiger partial charge in [-0.15, -0.1) is 0 Å². The molecular weight excluding hydrogens is 266 g/mol. The van der Waals surface area contributed by atoms with Crippen molar-refractivity contribution in [3.05, 3.63) is 0 Å². The topological polar surface area (TPSA) is 61.4 Å². The van der Waals surface area contributed by atoms with Crippen LogP contribution < -0.4 is 10.6 Å². The van der Waals surface area contributed by atoms with Gasteiger partial charge in [-0.3, -0.25) is 9.59 Å².